The van der Waals surface area contributed by atoms with E-state index in [1.54, 1.807) is 49.1 Å². The first-order chi connectivity index (χ1) is 12.4. The van der Waals surface area contributed by atoms with Crippen molar-refractivity contribution in [3.05, 3.63) is 80.7 Å². The Labute approximate surface area is 229 Å². The van der Waals surface area contributed by atoms with Crippen molar-refractivity contribution in [2.75, 3.05) is 0 Å². The van der Waals surface area contributed by atoms with E-state index in [4.69, 9.17) is 44.8 Å². The number of hydrogen-bond acceptors (Lipinski definition) is 4. The summed E-state index contributed by atoms with van der Waals surface area (Å²) < 4.78 is 0. The molecule has 0 aliphatic heterocycles. The number of aromatic nitrogens is 2. The molecule has 0 saturated carbocycles. The van der Waals surface area contributed by atoms with Crippen LogP contribution in [-0.2, 0) is 16.4 Å². The molecule has 9 nitrogen and oxygen atoms in total. The van der Waals surface area contributed by atoms with Gasteiger partial charge in [-0.25, -0.2) is 9.97 Å². The summed E-state index contributed by atoms with van der Waals surface area (Å²) >= 11 is 25.8. The second-order valence-electron chi connectivity index (χ2n) is 2.80. The van der Waals surface area contributed by atoms with Crippen LogP contribution in [0.3, 0.4) is 0 Å². The maximum Gasteiger partial charge on any atom is 0.168 e. The molecule has 2 rings (SSSR count). The van der Waals surface area contributed by atoms with Crippen LogP contribution in [-0.4, -0.2) is 20.6 Å². The maximum atomic E-state index is 7.13. The molecule has 0 atom stereocenters. The Kier molecular flexibility index (Phi) is 97.2. The fourth-order valence-corrected chi connectivity index (χ4v) is 0.985. The molecule has 0 bridgehead atoms. The predicted octanol–water partition coefficient (Wildman–Crippen LogP) is 3.78. The Morgan fingerprint density at radius 2 is 0.733 bits per heavy atom. The van der Waals surface area contributed by atoms with Crippen molar-refractivity contribution in [2.24, 2.45) is 0 Å². The van der Waals surface area contributed by atoms with E-state index >= 15 is 0 Å². The zero-order valence-electron chi connectivity index (χ0n) is 14.7. The van der Waals surface area contributed by atoms with Crippen molar-refractivity contribution in [2.45, 2.75) is 0 Å². The molecule has 0 aromatic carbocycles. The van der Waals surface area contributed by atoms with Crippen LogP contribution in [0.2, 0.25) is 10.0 Å². The summed E-state index contributed by atoms with van der Waals surface area (Å²) in [5, 5.41) is 35.4. The van der Waals surface area contributed by atoms with Crippen molar-refractivity contribution >= 4 is 92.7 Å². The number of aromatic amines is 2. The van der Waals surface area contributed by atoms with Crippen LogP contribution in [0.15, 0.2) is 49.1 Å². The number of isothiocyanates is 4. The quantitative estimate of drug-likeness (QED) is 0.224. The summed E-state index contributed by atoms with van der Waals surface area (Å²) in [6.45, 7) is 0. The van der Waals surface area contributed by atoms with Gasteiger partial charge in [-0.15, -0.1) is 0 Å². The van der Waals surface area contributed by atoms with Crippen LogP contribution in [0.4, 0.5) is 0 Å². The number of halogens is 2. The smallest absolute Gasteiger partial charge is 0.168 e. The summed E-state index contributed by atoms with van der Waals surface area (Å²) in [4.78, 5) is 5.70. The van der Waals surface area contributed by atoms with Crippen molar-refractivity contribution in [3.8, 4) is 0 Å². The summed E-state index contributed by atoms with van der Waals surface area (Å²) in [5.74, 6) is 0. The standard InChI is InChI=1S/2C5H4ClN.4CNS.H2O.2O.U/c2*6-5-1-3-7-4-2-5;4*2-1-3;;;;/h2*1-4H;;;;;1H2;;;/q;;4*-1;;2*-2;/p+3. The summed E-state index contributed by atoms with van der Waals surface area (Å²) in [5.41, 5.74) is 0. The molecule has 0 fully saturated rings. The molecular formula is C14H13Cl2N6O3S4U-5. The van der Waals surface area contributed by atoms with Crippen molar-refractivity contribution < 1.29 is 57.5 Å². The Hall–Kier alpha value is -0.988. The number of pyridine rings is 2. The third kappa shape index (κ3) is 81.1. The van der Waals surface area contributed by atoms with E-state index in [2.05, 4.69) is 58.8 Å². The SMILES string of the molecule is Clc1cc[nH+]cc1.Clc1cc[nH+]cc1.[N-]=C=S.[N-]=C=S.[N-]=C=S.[N-]=C=S.[O-2].[O-2].[OH3+].[U]. The number of rotatable bonds is 0. The molecule has 2 aromatic rings. The molecule has 2 aromatic heterocycles. The van der Waals surface area contributed by atoms with Gasteiger partial charge in [0.2, 0.25) is 0 Å². The van der Waals surface area contributed by atoms with Gasteiger partial charge in [0, 0.05) is 55.4 Å². The van der Waals surface area contributed by atoms with Gasteiger partial charge in [0.25, 0.3) is 0 Å². The first kappa shape index (κ1) is 51.6. The van der Waals surface area contributed by atoms with Gasteiger partial charge in [0.15, 0.2) is 24.8 Å². The molecule has 16 heteroatoms. The van der Waals surface area contributed by atoms with Crippen LogP contribution in [0.25, 0.3) is 21.6 Å². The molecule has 5 N–H and O–H groups in total. The minimum absolute atomic E-state index is 0. The number of thiocarbonyl (C=S) groups is 4. The fraction of sp³-hybridized carbons (Fsp3) is 0. The van der Waals surface area contributed by atoms with Gasteiger partial charge in [-0.05, 0) is 0 Å². The molecule has 164 valence electrons. The van der Waals surface area contributed by atoms with Gasteiger partial charge >= 0.3 is 0 Å². The number of hydrogen-bond donors (Lipinski definition) is 0. The normalized spacial score (nSPS) is 5.13. The zero-order chi connectivity index (χ0) is 21.1. The maximum absolute atomic E-state index is 7.13. The molecular weight excluding hydrogens is 737 g/mol. The van der Waals surface area contributed by atoms with E-state index in [1.807, 2.05) is 0 Å². The molecule has 0 radical (unpaired) electrons. The molecule has 0 amide bonds. The van der Waals surface area contributed by atoms with Crippen molar-refractivity contribution in [1.82, 2.24) is 0 Å². The van der Waals surface area contributed by atoms with Gasteiger partial charge in [0.1, 0.15) is 0 Å². The average Bonchev–Trinajstić information content (AvgIpc) is 2.60. The molecule has 0 spiro atoms. The summed E-state index contributed by atoms with van der Waals surface area (Å²) in [7, 11) is 0. The van der Waals surface area contributed by atoms with Gasteiger partial charge in [-0.3, -0.25) is 0 Å². The van der Waals surface area contributed by atoms with Crippen LogP contribution < -0.4 is 9.97 Å². The zero-order valence-corrected chi connectivity index (χ0v) is 23.6. The first-order valence-electron chi connectivity index (χ1n) is 5.73. The van der Waals surface area contributed by atoms with Crippen molar-refractivity contribution in [1.29, 1.82) is 0 Å². The third-order valence-electron chi connectivity index (χ3n) is 1.36. The van der Waals surface area contributed by atoms with Crippen LogP contribution >= 0.6 is 72.1 Å². The second kappa shape index (κ2) is 56.5. The van der Waals surface area contributed by atoms with E-state index in [0.717, 1.165) is 10.0 Å². The van der Waals surface area contributed by atoms with E-state index in [1.165, 1.54) is 20.6 Å². The topological polar surface area (TPSA) is 207 Å². The summed E-state index contributed by atoms with van der Waals surface area (Å²) in [6, 6.07) is 7.17. The van der Waals surface area contributed by atoms with Crippen LogP contribution in [0.5, 0.6) is 0 Å². The molecule has 2 heterocycles. The number of H-pyrrole nitrogens is 2. The van der Waals surface area contributed by atoms with E-state index in [9.17, 15) is 0 Å². The van der Waals surface area contributed by atoms with Crippen LogP contribution in [0, 0.1) is 31.1 Å². The monoisotopic (exact) mass is 749 g/mol. The third-order valence-corrected chi connectivity index (χ3v) is 1.86. The fourth-order valence-electron chi connectivity index (χ4n) is 0.733. The average molecular weight is 751 g/mol. The van der Waals surface area contributed by atoms with Gasteiger partial charge in [-0.1, -0.05) is 72.1 Å². The van der Waals surface area contributed by atoms with Gasteiger partial charge in [-0.2, -0.15) is 20.6 Å². The van der Waals surface area contributed by atoms with Gasteiger partial charge in [0.05, 0.1) is 10.0 Å². The van der Waals surface area contributed by atoms with Gasteiger partial charge < -0.3 is 38.1 Å². The van der Waals surface area contributed by atoms with E-state index in [0.29, 0.717) is 0 Å². The van der Waals surface area contributed by atoms with Crippen molar-refractivity contribution in [3.63, 3.8) is 0 Å². The Morgan fingerprint density at radius 1 is 0.600 bits per heavy atom. The Bertz CT molecular complexity index is 612. The Morgan fingerprint density at radius 3 is 0.800 bits per heavy atom. The molecule has 0 saturated heterocycles. The van der Waals surface area contributed by atoms with Crippen LogP contribution in [0.1, 0.15) is 0 Å². The largest absolute Gasteiger partial charge is 2.00 e. The summed E-state index contributed by atoms with van der Waals surface area (Å²) in [6.07, 6.45) is 7.12. The van der Waals surface area contributed by atoms with E-state index < -0.39 is 0 Å². The Balaban J connectivity index is -0.0000000332. The molecule has 30 heavy (non-hydrogen) atoms. The molecule has 0 aliphatic carbocycles. The molecule has 0 aliphatic rings. The minimum atomic E-state index is 0. The van der Waals surface area contributed by atoms with E-state index in [-0.39, 0.29) is 47.5 Å². The predicted molar refractivity (Wildman–Crippen MR) is 126 cm³/mol. The number of nitrogens with one attached hydrogen (secondary N) is 2. The first-order valence-corrected chi connectivity index (χ1v) is 8.12. The second-order valence-corrected chi connectivity index (χ2v) is 4.40. The minimum Gasteiger partial charge on any atom is -2.00 e. The number of nitrogens with zero attached hydrogens (tertiary/aromatic N) is 4. The molecule has 0 unspecified atom stereocenters.